The third kappa shape index (κ3) is 6.76. The van der Waals surface area contributed by atoms with Crippen molar-refractivity contribution in [3.05, 3.63) is 59.7 Å². The number of amides is 1. The number of alkyl carbamates (subject to hydrolysis) is 1. The lowest BCUT2D eigenvalue weighted by atomic mass is 9.85. The van der Waals surface area contributed by atoms with Crippen molar-refractivity contribution in [2.75, 3.05) is 13.2 Å². The lowest BCUT2D eigenvalue weighted by molar-refractivity contribution is -0.125. The molecule has 0 spiro atoms. The normalized spacial score (nSPS) is 17.6. The van der Waals surface area contributed by atoms with Crippen LogP contribution in [0.4, 0.5) is 4.79 Å². The molecule has 0 saturated heterocycles. The molecule has 0 radical (unpaired) electrons. The molecule has 0 aromatic heterocycles. The molecule has 0 unspecified atom stereocenters. The average Bonchev–Trinajstić information content (AvgIpc) is 3.23. The van der Waals surface area contributed by atoms with E-state index in [1.165, 1.54) is 54.4 Å². The van der Waals surface area contributed by atoms with E-state index in [9.17, 15) is 9.59 Å². The van der Waals surface area contributed by atoms with Crippen LogP contribution in [-0.2, 0) is 9.53 Å². The molecule has 3 N–H and O–H groups in total. The van der Waals surface area contributed by atoms with E-state index >= 15 is 0 Å². The molecule has 1 atom stereocenters. The predicted octanol–water partition coefficient (Wildman–Crippen LogP) is 6.73. The number of hydrogen-bond acceptors (Lipinski definition) is 4. The molecule has 5 nitrogen and oxygen atoms in total. The van der Waals surface area contributed by atoms with E-state index in [-0.39, 0.29) is 24.2 Å². The number of nitrogens with one attached hydrogen (secondary N) is 1. The zero-order chi connectivity index (χ0) is 25.2. The topological polar surface area (TPSA) is 81.4 Å². The Hall–Kier alpha value is -2.66. The third-order valence-corrected chi connectivity index (χ3v) is 7.93. The largest absolute Gasteiger partial charge is 0.449 e. The maximum Gasteiger partial charge on any atom is 0.407 e. The minimum atomic E-state index is -0.500. The summed E-state index contributed by atoms with van der Waals surface area (Å²) in [6, 6.07) is 16.1. The third-order valence-electron chi connectivity index (χ3n) is 7.93. The second kappa shape index (κ2) is 13.6. The van der Waals surface area contributed by atoms with E-state index < -0.39 is 12.1 Å². The first-order valence-corrected chi connectivity index (χ1v) is 14.0. The van der Waals surface area contributed by atoms with Crippen molar-refractivity contribution in [2.24, 2.45) is 11.7 Å². The molecule has 0 heterocycles. The minimum Gasteiger partial charge on any atom is -0.449 e. The molecular weight excluding hydrogens is 448 g/mol. The number of carbonyl (C=O) groups is 2. The van der Waals surface area contributed by atoms with E-state index in [1.54, 1.807) is 0 Å². The van der Waals surface area contributed by atoms with Crippen molar-refractivity contribution >= 4 is 11.9 Å². The molecule has 2 aliphatic rings. The second-order valence-electron chi connectivity index (χ2n) is 10.5. The average molecular weight is 491 g/mol. The van der Waals surface area contributed by atoms with E-state index in [0.717, 1.165) is 38.5 Å². The first kappa shape index (κ1) is 26.4. The zero-order valence-electron chi connectivity index (χ0n) is 21.6. The highest BCUT2D eigenvalue weighted by Crippen LogP contribution is 2.44. The van der Waals surface area contributed by atoms with Gasteiger partial charge in [0.1, 0.15) is 6.61 Å². The Morgan fingerprint density at radius 1 is 0.833 bits per heavy atom. The van der Waals surface area contributed by atoms with Gasteiger partial charge >= 0.3 is 6.09 Å². The van der Waals surface area contributed by atoms with Crippen LogP contribution < -0.4 is 11.1 Å². The van der Waals surface area contributed by atoms with Gasteiger partial charge in [-0.25, -0.2) is 4.79 Å². The molecule has 5 heteroatoms. The Morgan fingerprint density at radius 2 is 1.39 bits per heavy atom. The van der Waals surface area contributed by atoms with E-state index in [4.69, 9.17) is 10.5 Å². The summed E-state index contributed by atoms with van der Waals surface area (Å²) < 4.78 is 5.77. The molecule has 2 aromatic carbocycles. The smallest absolute Gasteiger partial charge is 0.407 e. The number of fused-ring (bicyclic) bond motifs is 3. The number of ketones is 1. The monoisotopic (exact) mass is 490 g/mol. The molecule has 0 aliphatic heterocycles. The van der Waals surface area contributed by atoms with Crippen LogP contribution >= 0.6 is 0 Å². The van der Waals surface area contributed by atoms with Crippen LogP contribution in [0.3, 0.4) is 0 Å². The first-order chi connectivity index (χ1) is 17.7. The standard InChI is InChI=1S/C31H42N2O3/c32-21-13-12-20-29(30(34)23-14-6-4-2-1-3-5-7-15-23)33-31(35)36-22-28-26-18-10-8-16-24(26)25-17-9-11-19-27(25)28/h8-11,16-19,23,28-29H,1-7,12-15,20-22,32H2,(H,33,35)/t29-/m0/s1. The Labute approximate surface area is 216 Å². The van der Waals surface area contributed by atoms with Crippen molar-refractivity contribution < 1.29 is 14.3 Å². The van der Waals surface area contributed by atoms with Gasteiger partial charge in [-0.3, -0.25) is 4.79 Å². The number of Topliss-reactive ketones (excluding diaryl/α,β-unsaturated/α-hetero) is 1. The van der Waals surface area contributed by atoms with Gasteiger partial charge in [-0.05, 0) is 60.9 Å². The van der Waals surface area contributed by atoms with Gasteiger partial charge in [0, 0.05) is 11.8 Å². The van der Waals surface area contributed by atoms with Crippen LogP contribution in [0.5, 0.6) is 0 Å². The van der Waals surface area contributed by atoms with Gasteiger partial charge in [0.15, 0.2) is 5.78 Å². The van der Waals surface area contributed by atoms with Crippen molar-refractivity contribution in [3.8, 4) is 11.1 Å². The predicted molar refractivity (Wildman–Crippen MR) is 145 cm³/mol. The Balaban J connectivity index is 1.39. The van der Waals surface area contributed by atoms with Crippen LogP contribution in [0.2, 0.25) is 0 Å². The summed E-state index contributed by atoms with van der Waals surface area (Å²) in [6.45, 7) is 0.849. The van der Waals surface area contributed by atoms with Gasteiger partial charge in [0.2, 0.25) is 0 Å². The molecule has 36 heavy (non-hydrogen) atoms. The highest BCUT2D eigenvalue weighted by Gasteiger charge is 2.31. The number of unbranched alkanes of at least 4 members (excludes halogenated alkanes) is 1. The fourth-order valence-electron chi connectivity index (χ4n) is 5.94. The van der Waals surface area contributed by atoms with Gasteiger partial charge in [-0.2, -0.15) is 0 Å². The summed E-state index contributed by atoms with van der Waals surface area (Å²) in [7, 11) is 0. The highest BCUT2D eigenvalue weighted by atomic mass is 16.5. The number of rotatable bonds is 9. The van der Waals surface area contributed by atoms with Crippen molar-refractivity contribution in [2.45, 2.75) is 89.0 Å². The first-order valence-electron chi connectivity index (χ1n) is 14.0. The Morgan fingerprint density at radius 3 is 1.97 bits per heavy atom. The molecule has 1 fully saturated rings. The second-order valence-corrected chi connectivity index (χ2v) is 10.5. The van der Waals surface area contributed by atoms with E-state index in [1.807, 2.05) is 24.3 Å². The van der Waals surface area contributed by atoms with Gasteiger partial charge < -0.3 is 15.8 Å². The summed E-state index contributed by atoms with van der Waals surface area (Å²) in [5.74, 6) is 0.216. The van der Waals surface area contributed by atoms with Crippen LogP contribution in [-0.4, -0.2) is 31.1 Å². The highest BCUT2D eigenvalue weighted by molar-refractivity contribution is 5.89. The molecule has 1 amide bonds. The van der Waals surface area contributed by atoms with Crippen molar-refractivity contribution in [3.63, 3.8) is 0 Å². The molecule has 4 rings (SSSR count). The maximum absolute atomic E-state index is 13.6. The van der Waals surface area contributed by atoms with Crippen LogP contribution in [0.25, 0.3) is 11.1 Å². The lowest BCUT2D eigenvalue weighted by Crippen LogP contribution is -2.44. The quantitative estimate of drug-likeness (QED) is 0.382. The Kier molecular flexibility index (Phi) is 9.97. The van der Waals surface area contributed by atoms with Crippen LogP contribution in [0.15, 0.2) is 48.5 Å². The summed E-state index contributed by atoms with van der Waals surface area (Å²) in [5.41, 5.74) is 10.5. The molecule has 2 aliphatic carbocycles. The SMILES string of the molecule is NCCCC[C@H](NC(=O)OCC1c2ccccc2-c2ccccc21)C(=O)C1CCCCCCCCC1. The van der Waals surface area contributed by atoms with Crippen molar-refractivity contribution in [1.29, 1.82) is 0 Å². The fourth-order valence-corrected chi connectivity index (χ4v) is 5.94. The molecule has 194 valence electrons. The summed E-state index contributed by atoms with van der Waals surface area (Å²) in [4.78, 5) is 26.5. The fraction of sp³-hybridized carbons (Fsp3) is 0.548. The zero-order valence-corrected chi connectivity index (χ0v) is 21.6. The van der Waals surface area contributed by atoms with Crippen LogP contribution in [0.1, 0.15) is 94.1 Å². The van der Waals surface area contributed by atoms with Crippen LogP contribution in [0, 0.1) is 5.92 Å². The lowest BCUT2D eigenvalue weighted by Gasteiger charge is -2.24. The molecule has 1 saturated carbocycles. The van der Waals surface area contributed by atoms with Crippen molar-refractivity contribution in [1.82, 2.24) is 5.32 Å². The summed E-state index contributed by atoms with van der Waals surface area (Å²) in [5, 5.41) is 2.96. The number of hydrogen-bond donors (Lipinski definition) is 2. The summed E-state index contributed by atoms with van der Waals surface area (Å²) >= 11 is 0. The number of carbonyl (C=O) groups excluding carboxylic acids is 2. The number of benzene rings is 2. The van der Waals surface area contributed by atoms with Gasteiger partial charge in [0.05, 0.1) is 6.04 Å². The minimum absolute atomic E-state index is 0.00725. The van der Waals surface area contributed by atoms with E-state index in [2.05, 4.69) is 29.6 Å². The van der Waals surface area contributed by atoms with Gasteiger partial charge in [-0.1, -0.05) is 93.5 Å². The number of nitrogens with two attached hydrogens (primary N) is 1. The van der Waals surface area contributed by atoms with Gasteiger partial charge in [-0.15, -0.1) is 0 Å². The molecular formula is C31H42N2O3. The molecule has 2 aromatic rings. The number of ether oxygens (including phenoxy) is 1. The summed E-state index contributed by atoms with van der Waals surface area (Å²) in [6.07, 6.45) is 12.1. The Bertz CT molecular complexity index is 949. The molecule has 0 bridgehead atoms. The maximum atomic E-state index is 13.6. The van der Waals surface area contributed by atoms with Gasteiger partial charge in [0.25, 0.3) is 0 Å². The van der Waals surface area contributed by atoms with E-state index in [0.29, 0.717) is 13.0 Å².